The molecular formula is C14H21ClN2OS2. The van der Waals surface area contributed by atoms with E-state index in [-0.39, 0.29) is 5.25 Å². The van der Waals surface area contributed by atoms with Crippen molar-refractivity contribution in [3.63, 3.8) is 0 Å². The first-order chi connectivity index (χ1) is 9.58. The molecule has 112 valence electrons. The molecule has 1 saturated heterocycles. The lowest BCUT2D eigenvalue weighted by molar-refractivity contribution is -0.118. The first kappa shape index (κ1) is 16.2. The van der Waals surface area contributed by atoms with Crippen LogP contribution >= 0.6 is 35.1 Å². The third kappa shape index (κ3) is 3.37. The van der Waals surface area contributed by atoms with Crippen LogP contribution in [0.2, 0.25) is 5.02 Å². The standard InChI is InChI=1S/C14H21ClN2OS2/c1-4-9-13(15)10(17(3)16-9)8-11(18)14-12(5-2)19-6-7-20-14/h12,14H,4-8H2,1-3H3. The summed E-state index contributed by atoms with van der Waals surface area (Å²) in [6, 6.07) is 0. The Morgan fingerprint density at radius 1 is 1.40 bits per heavy atom. The first-order valence-electron chi connectivity index (χ1n) is 7.04. The Balaban J connectivity index is 2.13. The quantitative estimate of drug-likeness (QED) is 0.828. The van der Waals surface area contributed by atoms with Gasteiger partial charge in [-0.1, -0.05) is 25.4 Å². The van der Waals surface area contributed by atoms with Crippen LogP contribution in [0, 0.1) is 0 Å². The fourth-order valence-corrected chi connectivity index (χ4v) is 5.88. The molecule has 2 unspecified atom stereocenters. The van der Waals surface area contributed by atoms with Crippen molar-refractivity contribution in [3.8, 4) is 0 Å². The number of aryl methyl sites for hydroxylation is 2. The largest absolute Gasteiger partial charge is 0.298 e. The minimum Gasteiger partial charge on any atom is -0.298 e. The molecule has 1 aliphatic rings. The maximum absolute atomic E-state index is 12.6. The second-order valence-electron chi connectivity index (χ2n) is 4.94. The van der Waals surface area contributed by atoms with Gasteiger partial charge in [0.2, 0.25) is 0 Å². The molecule has 0 spiro atoms. The molecule has 1 fully saturated rings. The molecular weight excluding hydrogens is 312 g/mol. The van der Waals surface area contributed by atoms with E-state index in [1.165, 1.54) is 0 Å². The van der Waals surface area contributed by atoms with Crippen molar-refractivity contribution in [1.29, 1.82) is 0 Å². The molecule has 0 bridgehead atoms. The van der Waals surface area contributed by atoms with Gasteiger partial charge in [0.15, 0.2) is 5.78 Å². The Morgan fingerprint density at radius 3 is 2.70 bits per heavy atom. The number of halogens is 1. The molecule has 1 aromatic heterocycles. The van der Waals surface area contributed by atoms with E-state index < -0.39 is 0 Å². The van der Waals surface area contributed by atoms with Crippen LogP contribution in [-0.2, 0) is 24.7 Å². The highest BCUT2D eigenvalue weighted by Crippen LogP contribution is 2.35. The molecule has 1 aliphatic heterocycles. The first-order valence-corrected chi connectivity index (χ1v) is 9.52. The monoisotopic (exact) mass is 332 g/mol. The minimum atomic E-state index is 0.106. The van der Waals surface area contributed by atoms with Crippen LogP contribution in [0.5, 0.6) is 0 Å². The summed E-state index contributed by atoms with van der Waals surface area (Å²) < 4.78 is 1.76. The zero-order valence-electron chi connectivity index (χ0n) is 12.2. The van der Waals surface area contributed by atoms with Crippen molar-refractivity contribution in [2.45, 2.75) is 43.6 Å². The highest BCUT2D eigenvalue weighted by Gasteiger charge is 2.31. The van der Waals surface area contributed by atoms with Gasteiger partial charge >= 0.3 is 0 Å². The number of rotatable bonds is 5. The topological polar surface area (TPSA) is 34.9 Å². The van der Waals surface area contributed by atoms with E-state index in [1.54, 1.807) is 16.4 Å². The summed E-state index contributed by atoms with van der Waals surface area (Å²) in [5, 5.41) is 5.61. The van der Waals surface area contributed by atoms with Crippen molar-refractivity contribution >= 4 is 40.9 Å². The smallest absolute Gasteiger partial charge is 0.152 e. The lowest BCUT2D eigenvalue weighted by atomic mass is 10.1. The predicted molar refractivity (Wildman–Crippen MR) is 89.1 cm³/mol. The van der Waals surface area contributed by atoms with Crippen molar-refractivity contribution < 1.29 is 4.79 Å². The third-order valence-electron chi connectivity index (χ3n) is 3.61. The van der Waals surface area contributed by atoms with Crippen molar-refractivity contribution in [2.75, 3.05) is 11.5 Å². The summed E-state index contributed by atoms with van der Waals surface area (Å²) >= 11 is 10.1. The van der Waals surface area contributed by atoms with Gasteiger partial charge in [0.1, 0.15) is 0 Å². The van der Waals surface area contributed by atoms with Crippen LogP contribution < -0.4 is 0 Å². The average molecular weight is 333 g/mol. The summed E-state index contributed by atoms with van der Waals surface area (Å²) in [6.07, 6.45) is 2.25. The van der Waals surface area contributed by atoms with E-state index in [0.29, 0.717) is 22.5 Å². The molecule has 3 nitrogen and oxygen atoms in total. The molecule has 0 N–H and O–H groups in total. The summed E-state index contributed by atoms with van der Waals surface area (Å²) in [4.78, 5) is 12.6. The number of hydrogen-bond donors (Lipinski definition) is 0. The highest BCUT2D eigenvalue weighted by molar-refractivity contribution is 8.07. The van der Waals surface area contributed by atoms with E-state index in [0.717, 1.165) is 35.7 Å². The Hall–Kier alpha value is -0.130. The normalized spacial score (nSPS) is 23.0. The van der Waals surface area contributed by atoms with Gasteiger partial charge in [-0.3, -0.25) is 9.48 Å². The van der Waals surface area contributed by atoms with Gasteiger partial charge < -0.3 is 0 Å². The van der Waals surface area contributed by atoms with E-state index in [9.17, 15) is 4.79 Å². The lowest BCUT2D eigenvalue weighted by Gasteiger charge is -2.28. The van der Waals surface area contributed by atoms with Crippen molar-refractivity contribution in [3.05, 3.63) is 16.4 Å². The van der Waals surface area contributed by atoms with Gasteiger partial charge in [-0.2, -0.15) is 16.9 Å². The van der Waals surface area contributed by atoms with E-state index >= 15 is 0 Å². The van der Waals surface area contributed by atoms with Crippen LogP contribution in [0.1, 0.15) is 31.7 Å². The highest BCUT2D eigenvalue weighted by atomic mass is 35.5. The summed E-state index contributed by atoms with van der Waals surface area (Å²) in [7, 11) is 1.87. The zero-order chi connectivity index (χ0) is 14.7. The molecule has 1 aromatic rings. The lowest BCUT2D eigenvalue weighted by Crippen LogP contribution is -2.34. The molecule has 0 amide bonds. The van der Waals surface area contributed by atoms with E-state index in [2.05, 4.69) is 12.0 Å². The number of carbonyl (C=O) groups is 1. The fourth-order valence-electron chi connectivity index (χ4n) is 2.48. The molecule has 0 saturated carbocycles. The Kier molecular flexibility index (Phi) is 5.87. The van der Waals surface area contributed by atoms with Gasteiger partial charge in [-0.15, -0.1) is 11.8 Å². The molecule has 2 rings (SSSR count). The fraction of sp³-hybridized carbons (Fsp3) is 0.714. The molecule has 0 aromatic carbocycles. The number of nitrogens with zero attached hydrogens (tertiary/aromatic N) is 2. The van der Waals surface area contributed by atoms with Crippen LogP contribution in [-0.4, -0.2) is 37.6 Å². The van der Waals surface area contributed by atoms with Crippen molar-refractivity contribution in [1.82, 2.24) is 9.78 Å². The summed E-state index contributed by atoms with van der Waals surface area (Å²) in [5.41, 5.74) is 1.74. The number of aromatic nitrogens is 2. The number of ketones is 1. The molecule has 2 heterocycles. The van der Waals surface area contributed by atoms with Crippen molar-refractivity contribution in [2.24, 2.45) is 7.05 Å². The van der Waals surface area contributed by atoms with Gasteiger partial charge in [0, 0.05) is 23.8 Å². The van der Waals surface area contributed by atoms with E-state index in [1.807, 2.05) is 25.7 Å². The second-order valence-corrected chi connectivity index (χ2v) is 7.91. The van der Waals surface area contributed by atoms with Gasteiger partial charge in [0.25, 0.3) is 0 Å². The molecule has 2 atom stereocenters. The Labute approximate surface area is 134 Å². The average Bonchev–Trinajstić information content (AvgIpc) is 2.74. The second kappa shape index (κ2) is 7.23. The third-order valence-corrected chi connectivity index (χ3v) is 7.35. The number of Topliss-reactive ketones (excluding diaryl/α,β-unsaturated/α-hetero) is 1. The summed E-state index contributed by atoms with van der Waals surface area (Å²) in [5.74, 6) is 2.51. The Morgan fingerprint density at radius 2 is 2.10 bits per heavy atom. The maximum atomic E-state index is 12.6. The molecule has 6 heteroatoms. The van der Waals surface area contributed by atoms with Crippen LogP contribution in [0.3, 0.4) is 0 Å². The number of thioether (sulfide) groups is 2. The number of carbonyl (C=O) groups excluding carboxylic acids is 1. The van der Waals surface area contributed by atoms with Crippen LogP contribution in [0.4, 0.5) is 0 Å². The summed E-state index contributed by atoms with van der Waals surface area (Å²) in [6.45, 7) is 4.19. The maximum Gasteiger partial charge on any atom is 0.152 e. The number of hydrogen-bond acceptors (Lipinski definition) is 4. The van der Waals surface area contributed by atoms with Gasteiger partial charge in [0.05, 0.1) is 28.1 Å². The zero-order valence-corrected chi connectivity index (χ0v) is 14.6. The molecule has 0 aliphatic carbocycles. The Bertz CT molecular complexity index is 490. The predicted octanol–water partition coefficient (Wildman–Crippen LogP) is 3.37. The van der Waals surface area contributed by atoms with E-state index in [4.69, 9.17) is 11.6 Å². The molecule has 20 heavy (non-hydrogen) atoms. The molecule has 0 radical (unpaired) electrons. The van der Waals surface area contributed by atoms with Crippen LogP contribution in [0.15, 0.2) is 0 Å². The SMILES string of the molecule is CCc1nn(C)c(CC(=O)C2SCCSC2CC)c1Cl. The van der Waals surface area contributed by atoms with Gasteiger partial charge in [-0.05, 0) is 12.8 Å². The van der Waals surface area contributed by atoms with Gasteiger partial charge in [-0.25, -0.2) is 0 Å². The van der Waals surface area contributed by atoms with Crippen LogP contribution in [0.25, 0.3) is 0 Å². The minimum absolute atomic E-state index is 0.106.